The van der Waals surface area contributed by atoms with Gasteiger partial charge in [-0.3, -0.25) is 10.1 Å². The number of benzene rings is 2. The number of anilines is 1. The van der Waals surface area contributed by atoms with Crippen LogP contribution in [0.3, 0.4) is 0 Å². The van der Waals surface area contributed by atoms with E-state index in [9.17, 15) is 4.79 Å². The summed E-state index contributed by atoms with van der Waals surface area (Å²) in [5, 5.41) is 16.5. The Morgan fingerprint density at radius 2 is 2.17 bits per heavy atom. The molecule has 0 atom stereocenters. The highest BCUT2D eigenvalue weighted by Crippen LogP contribution is 2.32. The lowest BCUT2D eigenvalue weighted by molar-refractivity contribution is 0.102. The summed E-state index contributed by atoms with van der Waals surface area (Å²) in [5.41, 5.74) is 5.32. The quantitative estimate of drug-likeness (QED) is 0.561. The van der Waals surface area contributed by atoms with E-state index in [-0.39, 0.29) is 5.91 Å². The monoisotopic (exact) mass is 404 g/mol. The van der Waals surface area contributed by atoms with E-state index in [4.69, 9.17) is 4.74 Å². The number of ether oxygens (including phenoxy) is 1. The Hall–Kier alpha value is -3.59. The minimum Gasteiger partial charge on any atom is -0.493 e. The molecule has 29 heavy (non-hydrogen) atoms. The number of aromatic nitrogens is 5. The minimum atomic E-state index is -0.209. The van der Waals surface area contributed by atoms with Gasteiger partial charge in [0.25, 0.3) is 5.91 Å². The molecule has 2 aromatic carbocycles. The third-order valence-corrected chi connectivity index (χ3v) is 5.52. The maximum Gasteiger partial charge on any atom is 0.257 e. The fraction of sp³-hybridized carbons (Fsp3) is 0.150. The number of carbonyl (C=O) groups is 1. The van der Waals surface area contributed by atoms with Gasteiger partial charge in [0.1, 0.15) is 12.1 Å². The van der Waals surface area contributed by atoms with Gasteiger partial charge in [-0.2, -0.15) is 0 Å². The van der Waals surface area contributed by atoms with Gasteiger partial charge in [-0.15, -0.1) is 16.4 Å². The van der Waals surface area contributed by atoms with E-state index in [0.29, 0.717) is 10.7 Å². The first kappa shape index (κ1) is 17.5. The number of carbonyl (C=O) groups excluding carboxylic acids is 1. The van der Waals surface area contributed by atoms with Gasteiger partial charge < -0.3 is 4.74 Å². The van der Waals surface area contributed by atoms with E-state index in [1.54, 1.807) is 16.8 Å². The number of aryl methyl sites for hydroxylation is 1. The van der Waals surface area contributed by atoms with Gasteiger partial charge in [-0.1, -0.05) is 0 Å². The largest absolute Gasteiger partial charge is 0.493 e. The third-order valence-electron chi connectivity index (χ3n) is 4.76. The van der Waals surface area contributed by atoms with Crippen LogP contribution in [0.4, 0.5) is 5.13 Å². The minimum absolute atomic E-state index is 0.209. The summed E-state index contributed by atoms with van der Waals surface area (Å²) in [6.07, 6.45) is 2.43. The molecule has 4 aromatic rings. The molecular weight excluding hydrogens is 388 g/mol. The van der Waals surface area contributed by atoms with E-state index < -0.39 is 0 Å². The Morgan fingerprint density at radius 3 is 3.00 bits per heavy atom. The third kappa shape index (κ3) is 3.36. The maximum absolute atomic E-state index is 12.7. The average Bonchev–Trinajstić information content (AvgIpc) is 3.48. The number of nitrogens with zero attached hydrogens (tertiary/aromatic N) is 5. The molecule has 0 spiro atoms. The van der Waals surface area contributed by atoms with Crippen LogP contribution in [0, 0.1) is 6.92 Å². The second kappa shape index (κ2) is 7.10. The number of thiazole rings is 1. The zero-order valence-electron chi connectivity index (χ0n) is 15.5. The van der Waals surface area contributed by atoms with Gasteiger partial charge in [0.05, 0.1) is 18.0 Å². The first-order valence-corrected chi connectivity index (χ1v) is 9.92. The molecule has 0 aliphatic carbocycles. The fourth-order valence-electron chi connectivity index (χ4n) is 3.30. The molecule has 1 aliphatic heterocycles. The molecule has 0 saturated heterocycles. The van der Waals surface area contributed by atoms with Gasteiger partial charge in [-0.05, 0) is 64.9 Å². The van der Waals surface area contributed by atoms with Crippen molar-refractivity contribution in [1.82, 2.24) is 25.2 Å². The van der Waals surface area contributed by atoms with E-state index in [0.717, 1.165) is 41.3 Å². The van der Waals surface area contributed by atoms with Crippen molar-refractivity contribution >= 4 is 22.4 Å². The molecule has 0 fully saturated rings. The second-order valence-corrected chi connectivity index (χ2v) is 7.53. The van der Waals surface area contributed by atoms with Crippen LogP contribution in [0.5, 0.6) is 5.75 Å². The lowest BCUT2D eigenvalue weighted by atomic mass is 10.1. The van der Waals surface area contributed by atoms with Gasteiger partial charge in [0.2, 0.25) is 0 Å². The number of fused-ring (bicyclic) bond motifs is 1. The highest BCUT2D eigenvalue weighted by Gasteiger charge is 2.15. The highest BCUT2D eigenvalue weighted by molar-refractivity contribution is 7.14. The van der Waals surface area contributed by atoms with Crippen molar-refractivity contribution in [2.45, 2.75) is 13.3 Å². The van der Waals surface area contributed by atoms with Crippen LogP contribution in [0.15, 0.2) is 48.1 Å². The molecule has 0 unspecified atom stereocenters. The number of nitrogens with one attached hydrogen (secondary N) is 1. The summed E-state index contributed by atoms with van der Waals surface area (Å²) in [6.45, 7) is 2.63. The number of amides is 1. The van der Waals surface area contributed by atoms with Crippen LogP contribution in [-0.4, -0.2) is 37.7 Å². The first-order chi connectivity index (χ1) is 14.2. The Kier molecular flexibility index (Phi) is 4.28. The van der Waals surface area contributed by atoms with Crippen LogP contribution in [0.1, 0.15) is 21.5 Å². The maximum atomic E-state index is 12.7. The topological polar surface area (TPSA) is 94.8 Å². The zero-order chi connectivity index (χ0) is 19.8. The van der Waals surface area contributed by atoms with Crippen molar-refractivity contribution in [2.75, 3.05) is 11.9 Å². The van der Waals surface area contributed by atoms with Crippen molar-refractivity contribution in [3.63, 3.8) is 0 Å². The molecule has 1 aliphatic rings. The zero-order valence-corrected chi connectivity index (χ0v) is 16.3. The first-order valence-electron chi connectivity index (χ1n) is 9.04. The summed E-state index contributed by atoms with van der Waals surface area (Å²) in [4.78, 5) is 17.2. The summed E-state index contributed by atoms with van der Waals surface area (Å²) in [6, 6.07) is 11.4. The SMILES string of the molecule is Cc1cc(C(=O)Nc2nc(-c3ccc4c(c3)CCO4)cs2)ccc1-n1cnnn1. The van der Waals surface area contributed by atoms with Crippen molar-refractivity contribution in [3.8, 4) is 22.7 Å². The average molecular weight is 404 g/mol. The van der Waals surface area contributed by atoms with Crippen LogP contribution in [-0.2, 0) is 6.42 Å². The number of rotatable bonds is 4. The van der Waals surface area contributed by atoms with Gasteiger partial charge in [-0.25, -0.2) is 9.67 Å². The smallest absolute Gasteiger partial charge is 0.257 e. The van der Waals surface area contributed by atoms with Crippen LogP contribution < -0.4 is 10.1 Å². The van der Waals surface area contributed by atoms with Crippen molar-refractivity contribution in [3.05, 3.63) is 64.8 Å². The number of tetrazole rings is 1. The second-order valence-electron chi connectivity index (χ2n) is 6.67. The molecule has 3 heterocycles. The van der Waals surface area contributed by atoms with Crippen LogP contribution >= 0.6 is 11.3 Å². The molecule has 0 radical (unpaired) electrons. The van der Waals surface area contributed by atoms with Crippen LogP contribution in [0.2, 0.25) is 0 Å². The van der Waals surface area contributed by atoms with Gasteiger partial charge in [0.15, 0.2) is 5.13 Å². The summed E-state index contributed by atoms with van der Waals surface area (Å²) < 4.78 is 7.11. The Bertz CT molecular complexity index is 1200. The molecule has 2 aromatic heterocycles. The lowest BCUT2D eigenvalue weighted by Crippen LogP contribution is -2.12. The summed E-state index contributed by atoms with van der Waals surface area (Å²) in [7, 11) is 0. The van der Waals surface area contributed by atoms with E-state index in [1.165, 1.54) is 23.2 Å². The Morgan fingerprint density at radius 1 is 1.24 bits per heavy atom. The number of hydrogen-bond donors (Lipinski definition) is 1. The molecule has 0 bridgehead atoms. The van der Waals surface area contributed by atoms with Crippen LogP contribution in [0.25, 0.3) is 16.9 Å². The van der Waals surface area contributed by atoms with Crippen molar-refractivity contribution in [1.29, 1.82) is 0 Å². The molecule has 0 saturated carbocycles. The standard InChI is InChI=1S/C20H16N6O2S/c1-12-8-15(2-4-17(12)26-11-21-24-25-26)19(27)23-20-22-16(10-29-20)13-3-5-18-14(9-13)6-7-28-18/h2-5,8-11H,6-7H2,1H3,(H,22,23,27). The molecule has 144 valence electrons. The van der Waals surface area contributed by atoms with Gasteiger partial charge in [0, 0.05) is 22.9 Å². The Labute approximate surface area is 170 Å². The fourth-order valence-corrected chi connectivity index (χ4v) is 4.02. The summed E-state index contributed by atoms with van der Waals surface area (Å²) in [5.74, 6) is 0.734. The van der Waals surface area contributed by atoms with E-state index in [1.807, 2.05) is 30.5 Å². The summed E-state index contributed by atoms with van der Waals surface area (Å²) >= 11 is 1.40. The normalized spacial score (nSPS) is 12.4. The van der Waals surface area contributed by atoms with E-state index in [2.05, 4.69) is 31.9 Å². The van der Waals surface area contributed by atoms with Crippen molar-refractivity contribution < 1.29 is 9.53 Å². The molecule has 8 nitrogen and oxygen atoms in total. The van der Waals surface area contributed by atoms with E-state index >= 15 is 0 Å². The Balaban J connectivity index is 1.33. The molecule has 1 N–H and O–H groups in total. The lowest BCUT2D eigenvalue weighted by Gasteiger charge is -2.07. The molecular formula is C20H16N6O2S. The predicted molar refractivity (Wildman–Crippen MR) is 109 cm³/mol. The molecule has 1 amide bonds. The molecule has 5 rings (SSSR count). The number of hydrogen-bond acceptors (Lipinski definition) is 7. The predicted octanol–water partition coefficient (Wildman–Crippen LogP) is 3.28. The van der Waals surface area contributed by atoms with Crippen molar-refractivity contribution in [2.24, 2.45) is 0 Å². The highest BCUT2D eigenvalue weighted by atomic mass is 32.1. The van der Waals surface area contributed by atoms with Gasteiger partial charge >= 0.3 is 0 Å². The molecule has 9 heteroatoms.